The SMILES string of the molecule is CC(Br)C(=O)Nc1cccc(-c2ccnc3c(C(=O)c4ccccc4)cnn23)c1. The van der Waals surface area contributed by atoms with Gasteiger partial charge in [0.2, 0.25) is 5.91 Å². The number of nitrogens with one attached hydrogen (secondary N) is 1. The quantitative estimate of drug-likeness (QED) is 0.363. The molecule has 1 amide bonds. The maximum atomic E-state index is 12.9. The van der Waals surface area contributed by atoms with Crippen LogP contribution >= 0.6 is 15.9 Å². The van der Waals surface area contributed by atoms with Crippen LogP contribution in [-0.2, 0) is 4.79 Å². The molecule has 1 atom stereocenters. The van der Waals surface area contributed by atoms with Crippen molar-refractivity contribution in [1.29, 1.82) is 0 Å². The lowest BCUT2D eigenvalue weighted by Gasteiger charge is -2.10. The molecular weight excluding hydrogens is 432 g/mol. The molecule has 0 spiro atoms. The average Bonchev–Trinajstić information content (AvgIpc) is 3.18. The second kappa shape index (κ2) is 7.97. The van der Waals surface area contributed by atoms with Crippen molar-refractivity contribution in [3.05, 3.63) is 84.2 Å². The maximum absolute atomic E-state index is 12.9. The van der Waals surface area contributed by atoms with Crippen LogP contribution in [0.25, 0.3) is 16.9 Å². The second-order valence-corrected chi connectivity index (χ2v) is 7.88. The first-order chi connectivity index (χ1) is 14.0. The van der Waals surface area contributed by atoms with Gasteiger partial charge in [-0.2, -0.15) is 5.10 Å². The van der Waals surface area contributed by atoms with E-state index in [0.717, 1.165) is 11.3 Å². The highest BCUT2D eigenvalue weighted by Gasteiger charge is 2.18. The molecule has 1 unspecified atom stereocenters. The zero-order valence-corrected chi connectivity index (χ0v) is 17.1. The van der Waals surface area contributed by atoms with Crippen LogP contribution in [0.4, 0.5) is 5.69 Å². The first kappa shape index (κ1) is 19.0. The predicted molar refractivity (Wildman–Crippen MR) is 115 cm³/mol. The number of hydrogen-bond acceptors (Lipinski definition) is 4. The normalized spacial score (nSPS) is 11.9. The molecule has 0 saturated heterocycles. The standard InChI is InChI=1S/C22H17BrN4O2/c1-14(23)22(29)26-17-9-5-8-16(12-17)19-10-11-24-21-18(13-25-27(19)21)20(28)15-6-3-2-4-7-15/h2-14H,1H3,(H,26,29). The van der Waals surface area contributed by atoms with Gasteiger partial charge in [0.25, 0.3) is 0 Å². The number of fused-ring (bicyclic) bond motifs is 1. The fourth-order valence-corrected chi connectivity index (χ4v) is 3.13. The molecule has 1 N–H and O–H groups in total. The number of aromatic nitrogens is 3. The molecule has 0 radical (unpaired) electrons. The lowest BCUT2D eigenvalue weighted by atomic mass is 10.1. The van der Waals surface area contributed by atoms with Crippen LogP contribution < -0.4 is 5.32 Å². The molecule has 4 rings (SSSR count). The van der Waals surface area contributed by atoms with Gasteiger partial charge in [0.05, 0.1) is 22.3 Å². The van der Waals surface area contributed by atoms with E-state index in [1.54, 1.807) is 36.0 Å². The molecule has 0 aliphatic rings. The molecule has 0 bridgehead atoms. The Morgan fingerprint density at radius 2 is 1.86 bits per heavy atom. The third-order valence-corrected chi connectivity index (χ3v) is 4.88. The molecule has 29 heavy (non-hydrogen) atoms. The van der Waals surface area contributed by atoms with Crippen LogP contribution in [0.3, 0.4) is 0 Å². The Balaban J connectivity index is 1.74. The summed E-state index contributed by atoms with van der Waals surface area (Å²) in [5.74, 6) is -0.255. The summed E-state index contributed by atoms with van der Waals surface area (Å²) in [4.78, 5) is 28.9. The Labute approximate surface area is 175 Å². The highest BCUT2D eigenvalue weighted by atomic mass is 79.9. The Bertz CT molecular complexity index is 1200. The summed E-state index contributed by atoms with van der Waals surface area (Å²) in [5.41, 5.74) is 3.81. The van der Waals surface area contributed by atoms with E-state index in [0.29, 0.717) is 22.5 Å². The molecule has 0 aliphatic heterocycles. The highest BCUT2D eigenvalue weighted by Crippen LogP contribution is 2.25. The number of benzene rings is 2. The number of anilines is 1. The van der Waals surface area contributed by atoms with Gasteiger partial charge in [0.15, 0.2) is 11.4 Å². The second-order valence-electron chi connectivity index (χ2n) is 6.50. The van der Waals surface area contributed by atoms with Crippen LogP contribution in [-0.4, -0.2) is 31.1 Å². The van der Waals surface area contributed by atoms with E-state index >= 15 is 0 Å². The van der Waals surface area contributed by atoms with Gasteiger partial charge >= 0.3 is 0 Å². The zero-order chi connectivity index (χ0) is 20.4. The lowest BCUT2D eigenvalue weighted by Crippen LogP contribution is -2.19. The summed E-state index contributed by atoms with van der Waals surface area (Å²) in [6, 6.07) is 18.3. The molecule has 0 aliphatic carbocycles. The van der Waals surface area contributed by atoms with E-state index in [2.05, 4.69) is 31.3 Å². The number of nitrogens with zero attached hydrogens (tertiary/aromatic N) is 3. The molecular formula is C22H17BrN4O2. The summed E-state index contributed by atoms with van der Waals surface area (Å²) in [6.45, 7) is 1.76. The number of hydrogen-bond donors (Lipinski definition) is 1. The maximum Gasteiger partial charge on any atom is 0.237 e. The molecule has 4 aromatic rings. The topological polar surface area (TPSA) is 76.4 Å². The van der Waals surface area contributed by atoms with E-state index in [1.807, 2.05) is 48.5 Å². The van der Waals surface area contributed by atoms with Crippen molar-refractivity contribution in [1.82, 2.24) is 14.6 Å². The summed E-state index contributed by atoms with van der Waals surface area (Å²) in [7, 11) is 0. The molecule has 144 valence electrons. The molecule has 2 aromatic heterocycles. The fraction of sp³-hybridized carbons (Fsp3) is 0.0909. The first-order valence-corrected chi connectivity index (χ1v) is 9.94. The highest BCUT2D eigenvalue weighted by molar-refractivity contribution is 9.10. The minimum atomic E-state index is -0.295. The Morgan fingerprint density at radius 3 is 2.62 bits per heavy atom. The van der Waals surface area contributed by atoms with Crippen LogP contribution in [0.15, 0.2) is 73.1 Å². The first-order valence-electron chi connectivity index (χ1n) is 9.02. The van der Waals surface area contributed by atoms with Gasteiger partial charge in [-0.1, -0.05) is 58.4 Å². The van der Waals surface area contributed by atoms with E-state index in [-0.39, 0.29) is 16.5 Å². The van der Waals surface area contributed by atoms with Gasteiger partial charge in [-0.05, 0) is 25.1 Å². The van der Waals surface area contributed by atoms with Gasteiger partial charge in [0.1, 0.15) is 0 Å². The molecule has 0 saturated carbocycles. The summed E-state index contributed by atoms with van der Waals surface area (Å²) >= 11 is 3.26. The third kappa shape index (κ3) is 3.82. The molecule has 2 aromatic carbocycles. The number of amides is 1. The van der Waals surface area contributed by atoms with Crippen LogP contribution in [0.2, 0.25) is 0 Å². The fourth-order valence-electron chi connectivity index (χ4n) is 3.01. The van der Waals surface area contributed by atoms with E-state index in [9.17, 15) is 9.59 Å². The van der Waals surface area contributed by atoms with Crippen molar-refractivity contribution in [2.24, 2.45) is 0 Å². The van der Waals surface area contributed by atoms with Crippen molar-refractivity contribution in [2.45, 2.75) is 11.8 Å². The number of rotatable bonds is 5. The minimum absolute atomic E-state index is 0.127. The van der Waals surface area contributed by atoms with Crippen molar-refractivity contribution in [2.75, 3.05) is 5.32 Å². The Hall–Kier alpha value is -3.32. The summed E-state index contributed by atoms with van der Waals surface area (Å²) in [5, 5.41) is 7.26. The van der Waals surface area contributed by atoms with Gasteiger partial charge in [-0.25, -0.2) is 9.50 Å². The number of alkyl halides is 1. The van der Waals surface area contributed by atoms with Crippen molar-refractivity contribution in [3.8, 4) is 11.3 Å². The predicted octanol–water partition coefficient (Wildman–Crippen LogP) is 4.35. The Kier molecular flexibility index (Phi) is 5.22. The van der Waals surface area contributed by atoms with E-state index < -0.39 is 0 Å². The van der Waals surface area contributed by atoms with E-state index in [1.165, 1.54) is 0 Å². The van der Waals surface area contributed by atoms with Crippen molar-refractivity contribution < 1.29 is 9.59 Å². The minimum Gasteiger partial charge on any atom is -0.325 e. The van der Waals surface area contributed by atoms with Crippen molar-refractivity contribution in [3.63, 3.8) is 0 Å². The smallest absolute Gasteiger partial charge is 0.237 e. The average molecular weight is 449 g/mol. The molecule has 7 heteroatoms. The molecule has 6 nitrogen and oxygen atoms in total. The number of carbonyl (C=O) groups excluding carboxylic acids is 2. The number of carbonyl (C=O) groups is 2. The zero-order valence-electron chi connectivity index (χ0n) is 15.5. The number of halogens is 1. The van der Waals surface area contributed by atoms with Gasteiger partial charge in [-0.15, -0.1) is 0 Å². The lowest BCUT2D eigenvalue weighted by molar-refractivity contribution is -0.115. The third-order valence-electron chi connectivity index (χ3n) is 4.47. The summed E-state index contributed by atoms with van der Waals surface area (Å²) in [6.07, 6.45) is 3.19. The Morgan fingerprint density at radius 1 is 1.07 bits per heavy atom. The largest absolute Gasteiger partial charge is 0.325 e. The van der Waals surface area contributed by atoms with E-state index in [4.69, 9.17) is 0 Å². The van der Waals surface area contributed by atoms with Crippen molar-refractivity contribution >= 4 is 39.0 Å². The monoisotopic (exact) mass is 448 g/mol. The molecule has 2 heterocycles. The van der Waals surface area contributed by atoms with Gasteiger partial charge in [0, 0.05) is 23.0 Å². The number of ketones is 1. The van der Waals surface area contributed by atoms with Gasteiger partial charge < -0.3 is 5.32 Å². The molecule has 0 fully saturated rings. The van der Waals surface area contributed by atoms with Crippen LogP contribution in [0.5, 0.6) is 0 Å². The van der Waals surface area contributed by atoms with Crippen LogP contribution in [0.1, 0.15) is 22.8 Å². The van der Waals surface area contributed by atoms with Crippen LogP contribution in [0, 0.1) is 0 Å². The van der Waals surface area contributed by atoms with Gasteiger partial charge in [-0.3, -0.25) is 9.59 Å². The summed E-state index contributed by atoms with van der Waals surface area (Å²) < 4.78 is 1.64.